The fraction of sp³-hybridized carbons (Fsp3) is 0.211. The molecule has 0 bridgehead atoms. The highest BCUT2D eigenvalue weighted by Crippen LogP contribution is 2.11. The molecule has 8 heteroatoms. The van der Waals surface area contributed by atoms with Crippen LogP contribution in [0.5, 0.6) is 0 Å². The van der Waals surface area contributed by atoms with E-state index < -0.39 is 41.5 Å². The second kappa shape index (κ2) is 8.88. The maximum absolute atomic E-state index is 13.4. The molecule has 0 saturated heterocycles. The third-order valence-corrected chi connectivity index (χ3v) is 3.81. The summed E-state index contributed by atoms with van der Waals surface area (Å²) in [5.74, 6) is -4.67. The number of amides is 2. The van der Waals surface area contributed by atoms with Crippen LogP contribution in [0.4, 0.5) is 8.78 Å². The van der Waals surface area contributed by atoms with E-state index in [0.717, 1.165) is 12.1 Å². The van der Waals surface area contributed by atoms with Crippen LogP contribution in [0.15, 0.2) is 48.5 Å². The summed E-state index contributed by atoms with van der Waals surface area (Å²) in [6.45, 7) is 1.27. The molecule has 2 aromatic rings. The minimum atomic E-state index is -1.25. The molecule has 0 aliphatic heterocycles. The molecule has 0 aliphatic rings. The number of carboxylic acids is 1. The quantitative estimate of drug-likeness (QED) is 0.688. The van der Waals surface area contributed by atoms with Gasteiger partial charge in [0, 0.05) is 12.0 Å². The summed E-state index contributed by atoms with van der Waals surface area (Å²) < 4.78 is 26.5. The lowest BCUT2D eigenvalue weighted by Gasteiger charge is -2.20. The SMILES string of the molecule is CC(NC(=O)C(Cc1ccc(F)c(F)c1)NC(=O)c1ccccc1)C(=O)O. The van der Waals surface area contributed by atoms with Gasteiger partial charge in [-0.2, -0.15) is 0 Å². The van der Waals surface area contributed by atoms with Crippen LogP contribution >= 0.6 is 0 Å². The van der Waals surface area contributed by atoms with Crippen LogP contribution in [0.2, 0.25) is 0 Å². The number of carboxylic acid groups (broad SMARTS) is 1. The van der Waals surface area contributed by atoms with E-state index in [2.05, 4.69) is 10.6 Å². The van der Waals surface area contributed by atoms with Gasteiger partial charge in [-0.05, 0) is 36.8 Å². The molecular formula is C19H18F2N2O4. The molecule has 0 heterocycles. The van der Waals surface area contributed by atoms with Crippen molar-refractivity contribution in [3.63, 3.8) is 0 Å². The lowest BCUT2D eigenvalue weighted by atomic mass is 10.0. The highest BCUT2D eigenvalue weighted by Gasteiger charge is 2.25. The number of hydrogen-bond donors (Lipinski definition) is 3. The van der Waals surface area contributed by atoms with Crippen molar-refractivity contribution in [2.24, 2.45) is 0 Å². The van der Waals surface area contributed by atoms with Crippen LogP contribution < -0.4 is 10.6 Å². The fourth-order valence-corrected chi connectivity index (χ4v) is 2.32. The summed E-state index contributed by atoms with van der Waals surface area (Å²) in [5, 5.41) is 13.7. The summed E-state index contributed by atoms with van der Waals surface area (Å²) in [4.78, 5) is 35.7. The van der Waals surface area contributed by atoms with Crippen LogP contribution in [-0.2, 0) is 16.0 Å². The largest absolute Gasteiger partial charge is 0.480 e. The molecule has 0 saturated carbocycles. The standard InChI is InChI=1S/C19H18F2N2O4/c1-11(19(26)27)22-18(25)16(10-12-7-8-14(20)15(21)9-12)23-17(24)13-5-3-2-4-6-13/h2-9,11,16H,10H2,1H3,(H,22,25)(H,23,24)(H,26,27). The van der Waals surface area contributed by atoms with Gasteiger partial charge in [0.1, 0.15) is 12.1 Å². The second-order valence-electron chi connectivity index (χ2n) is 5.91. The summed E-state index contributed by atoms with van der Waals surface area (Å²) in [5.41, 5.74) is 0.567. The minimum Gasteiger partial charge on any atom is -0.480 e. The van der Waals surface area contributed by atoms with E-state index in [1.807, 2.05) is 0 Å². The van der Waals surface area contributed by atoms with Gasteiger partial charge in [-0.1, -0.05) is 24.3 Å². The lowest BCUT2D eigenvalue weighted by molar-refractivity contribution is -0.141. The van der Waals surface area contributed by atoms with E-state index in [1.54, 1.807) is 30.3 Å². The first-order chi connectivity index (χ1) is 12.8. The second-order valence-corrected chi connectivity index (χ2v) is 5.91. The Morgan fingerprint density at radius 2 is 1.67 bits per heavy atom. The Bertz CT molecular complexity index is 843. The molecule has 0 radical (unpaired) electrons. The van der Waals surface area contributed by atoms with Crippen molar-refractivity contribution in [3.05, 3.63) is 71.3 Å². The van der Waals surface area contributed by atoms with Gasteiger partial charge in [-0.25, -0.2) is 8.78 Å². The van der Waals surface area contributed by atoms with Crippen LogP contribution in [-0.4, -0.2) is 35.0 Å². The van der Waals surface area contributed by atoms with Gasteiger partial charge < -0.3 is 15.7 Å². The lowest BCUT2D eigenvalue weighted by Crippen LogP contribution is -2.51. The molecule has 27 heavy (non-hydrogen) atoms. The number of hydrogen-bond acceptors (Lipinski definition) is 3. The van der Waals surface area contributed by atoms with Crippen LogP contribution in [0, 0.1) is 11.6 Å². The minimum absolute atomic E-state index is 0.145. The van der Waals surface area contributed by atoms with Gasteiger partial charge >= 0.3 is 5.97 Å². The first kappa shape index (κ1) is 20.0. The molecule has 2 unspecified atom stereocenters. The normalized spacial score (nSPS) is 12.7. The Labute approximate surface area is 154 Å². The fourth-order valence-electron chi connectivity index (χ4n) is 2.32. The predicted molar refractivity (Wildman–Crippen MR) is 93.0 cm³/mol. The molecule has 0 spiro atoms. The van der Waals surface area contributed by atoms with Crippen molar-refractivity contribution in [2.75, 3.05) is 0 Å². The molecule has 2 atom stereocenters. The van der Waals surface area contributed by atoms with Gasteiger partial charge in [0.15, 0.2) is 11.6 Å². The predicted octanol–water partition coefficient (Wildman–Crippen LogP) is 1.90. The summed E-state index contributed by atoms with van der Waals surface area (Å²) >= 11 is 0. The Hall–Kier alpha value is -3.29. The van der Waals surface area contributed by atoms with Crippen LogP contribution in [0.3, 0.4) is 0 Å². The van der Waals surface area contributed by atoms with Crippen molar-refractivity contribution in [1.82, 2.24) is 10.6 Å². The summed E-state index contributed by atoms with van der Waals surface area (Å²) in [6, 6.07) is 8.86. The summed E-state index contributed by atoms with van der Waals surface area (Å²) in [7, 11) is 0. The average Bonchev–Trinajstić information content (AvgIpc) is 2.64. The van der Waals surface area contributed by atoms with Crippen molar-refractivity contribution >= 4 is 17.8 Å². The van der Waals surface area contributed by atoms with Crippen LogP contribution in [0.25, 0.3) is 0 Å². The molecule has 0 aliphatic carbocycles. The van der Waals surface area contributed by atoms with Crippen molar-refractivity contribution in [2.45, 2.75) is 25.4 Å². The molecular weight excluding hydrogens is 358 g/mol. The molecule has 142 valence electrons. The Balaban J connectivity index is 2.21. The highest BCUT2D eigenvalue weighted by molar-refractivity contribution is 5.98. The van der Waals surface area contributed by atoms with E-state index in [0.29, 0.717) is 5.56 Å². The first-order valence-electron chi connectivity index (χ1n) is 8.11. The molecule has 3 N–H and O–H groups in total. The van der Waals surface area contributed by atoms with Gasteiger partial charge in [0.05, 0.1) is 0 Å². The summed E-state index contributed by atoms with van der Waals surface area (Å²) in [6.07, 6.45) is -0.145. The van der Waals surface area contributed by atoms with Gasteiger partial charge in [0.25, 0.3) is 5.91 Å². The number of aliphatic carboxylic acids is 1. The number of carbonyl (C=O) groups excluding carboxylic acids is 2. The number of halogens is 2. The van der Waals surface area contributed by atoms with Gasteiger partial charge in [0.2, 0.25) is 5.91 Å². The van der Waals surface area contributed by atoms with E-state index in [1.165, 1.54) is 13.0 Å². The first-order valence-corrected chi connectivity index (χ1v) is 8.11. The topological polar surface area (TPSA) is 95.5 Å². The van der Waals surface area contributed by atoms with E-state index in [4.69, 9.17) is 5.11 Å². The zero-order valence-electron chi connectivity index (χ0n) is 14.4. The molecule has 2 amide bonds. The maximum atomic E-state index is 13.4. The maximum Gasteiger partial charge on any atom is 0.325 e. The Morgan fingerprint density at radius 1 is 1.00 bits per heavy atom. The van der Waals surface area contributed by atoms with E-state index in [9.17, 15) is 23.2 Å². The monoisotopic (exact) mass is 376 g/mol. The highest BCUT2D eigenvalue weighted by atomic mass is 19.2. The molecule has 2 aromatic carbocycles. The number of rotatable bonds is 7. The van der Waals surface area contributed by atoms with Crippen molar-refractivity contribution in [1.29, 1.82) is 0 Å². The van der Waals surface area contributed by atoms with E-state index in [-0.39, 0.29) is 12.0 Å². The number of carbonyl (C=O) groups is 3. The number of nitrogens with one attached hydrogen (secondary N) is 2. The Morgan fingerprint density at radius 3 is 2.26 bits per heavy atom. The van der Waals surface area contributed by atoms with Crippen molar-refractivity contribution < 1.29 is 28.3 Å². The molecule has 6 nitrogen and oxygen atoms in total. The van der Waals surface area contributed by atoms with Gasteiger partial charge in [-0.3, -0.25) is 14.4 Å². The molecule has 0 aromatic heterocycles. The zero-order chi connectivity index (χ0) is 20.0. The third kappa shape index (κ3) is 5.60. The van der Waals surface area contributed by atoms with E-state index >= 15 is 0 Å². The Kier molecular flexibility index (Phi) is 6.59. The smallest absolute Gasteiger partial charge is 0.325 e. The average molecular weight is 376 g/mol. The van der Waals surface area contributed by atoms with Crippen LogP contribution in [0.1, 0.15) is 22.8 Å². The molecule has 0 fully saturated rings. The number of benzene rings is 2. The molecule has 2 rings (SSSR count). The third-order valence-electron chi connectivity index (χ3n) is 3.81. The van der Waals surface area contributed by atoms with Crippen molar-refractivity contribution in [3.8, 4) is 0 Å². The zero-order valence-corrected chi connectivity index (χ0v) is 14.4. The van der Waals surface area contributed by atoms with Gasteiger partial charge in [-0.15, -0.1) is 0 Å².